The van der Waals surface area contributed by atoms with Gasteiger partial charge >= 0.3 is 12.1 Å². The second kappa shape index (κ2) is 5.84. The van der Waals surface area contributed by atoms with E-state index in [1.165, 1.54) is 0 Å². The van der Waals surface area contributed by atoms with Gasteiger partial charge in [0.2, 0.25) is 0 Å². The predicted octanol–water partition coefficient (Wildman–Crippen LogP) is 1.84. The number of esters is 1. The minimum absolute atomic E-state index is 0.0963. The summed E-state index contributed by atoms with van der Waals surface area (Å²) in [5.41, 5.74) is 1.90. The Bertz CT molecular complexity index is 354. The number of hydrogen-bond acceptors (Lipinski definition) is 5. The van der Waals surface area contributed by atoms with E-state index in [0.29, 0.717) is 0 Å². The van der Waals surface area contributed by atoms with E-state index < -0.39 is 17.7 Å². The first-order valence-electron chi connectivity index (χ1n) is 6.07. The van der Waals surface area contributed by atoms with Gasteiger partial charge in [-0.3, -0.25) is 0 Å². The lowest BCUT2D eigenvalue weighted by Crippen LogP contribution is -2.32. The maximum atomic E-state index is 11.6. The van der Waals surface area contributed by atoms with Gasteiger partial charge in [0.1, 0.15) is 11.3 Å². The summed E-state index contributed by atoms with van der Waals surface area (Å²) in [6, 6.07) is 0. The van der Waals surface area contributed by atoms with Crippen molar-refractivity contribution >= 4 is 17.8 Å². The van der Waals surface area contributed by atoms with Crippen LogP contribution in [0.25, 0.3) is 0 Å². The number of rotatable bonds is 4. The molecule has 0 atom stereocenters. The van der Waals surface area contributed by atoms with Crippen molar-refractivity contribution in [3.05, 3.63) is 0 Å². The quantitative estimate of drug-likeness (QED) is 0.473. The lowest BCUT2D eigenvalue weighted by molar-refractivity contribution is -0.135. The summed E-state index contributed by atoms with van der Waals surface area (Å²) in [4.78, 5) is 23.0. The van der Waals surface area contributed by atoms with Crippen LogP contribution in [0.5, 0.6) is 0 Å². The van der Waals surface area contributed by atoms with Crippen molar-refractivity contribution < 1.29 is 19.1 Å². The Balaban J connectivity index is 2.56. The molecule has 102 valence electrons. The highest BCUT2D eigenvalue weighted by atomic mass is 16.6. The van der Waals surface area contributed by atoms with Gasteiger partial charge in [0, 0.05) is 5.92 Å². The van der Waals surface area contributed by atoms with Gasteiger partial charge in [0.15, 0.2) is 0 Å². The smallest absolute Gasteiger partial charge is 0.428 e. The molecule has 1 saturated carbocycles. The van der Waals surface area contributed by atoms with E-state index in [1.807, 2.05) is 0 Å². The van der Waals surface area contributed by atoms with Gasteiger partial charge < -0.3 is 9.47 Å². The van der Waals surface area contributed by atoms with Crippen LogP contribution in [0.4, 0.5) is 4.79 Å². The van der Waals surface area contributed by atoms with Crippen LogP contribution in [0.1, 0.15) is 40.5 Å². The molecule has 0 bridgehead atoms. The number of carbonyl (C=O) groups is 2. The summed E-state index contributed by atoms with van der Waals surface area (Å²) in [5.74, 6) is -0.380. The average Bonchev–Trinajstić information content (AvgIpc) is 2.99. The zero-order chi connectivity index (χ0) is 13.8. The largest absolute Gasteiger partial charge is 0.461 e. The Morgan fingerprint density at radius 2 is 1.94 bits per heavy atom. The highest BCUT2D eigenvalue weighted by molar-refractivity contribution is 6.37. The topological polar surface area (TPSA) is 77.0 Å². The van der Waals surface area contributed by atoms with E-state index in [1.54, 1.807) is 27.7 Å². The first-order valence-corrected chi connectivity index (χ1v) is 6.07. The van der Waals surface area contributed by atoms with Crippen LogP contribution in [0.15, 0.2) is 5.10 Å². The zero-order valence-corrected chi connectivity index (χ0v) is 11.3. The van der Waals surface area contributed by atoms with Crippen LogP contribution >= 0.6 is 0 Å². The molecule has 0 aromatic rings. The summed E-state index contributed by atoms with van der Waals surface area (Å²) in [7, 11) is 0. The third-order valence-electron chi connectivity index (χ3n) is 2.12. The van der Waals surface area contributed by atoms with Crippen LogP contribution in [0.2, 0.25) is 0 Å². The van der Waals surface area contributed by atoms with Crippen LogP contribution in [-0.4, -0.2) is 30.0 Å². The predicted molar refractivity (Wildman–Crippen MR) is 66.2 cm³/mol. The maximum absolute atomic E-state index is 11.6. The molecule has 1 N–H and O–H groups in total. The van der Waals surface area contributed by atoms with Crippen molar-refractivity contribution in [1.29, 1.82) is 0 Å². The Morgan fingerprint density at radius 1 is 1.33 bits per heavy atom. The van der Waals surface area contributed by atoms with Crippen molar-refractivity contribution in [3.8, 4) is 0 Å². The number of carbonyl (C=O) groups excluding carboxylic acids is 2. The fourth-order valence-electron chi connectivity index (χ4n) is 1.27. The molecular formula is C12H20N2O4. The highest BCUT2D eigenvalue weighted by Gasteiger charge is 2.33. The molecule has 1 aliphatic carbocycles. The Hall–Kier alpha value is -1.59. The van der Waals surface area contributed by atoms with E-state index in [4.69, 9.17) is 9.47 Å². The minimum Gasteiger partial charge on any atom is -0.461 e. The van der Waals surface area contributed by atoms with E-state index in [2.05, 4.69) is 10.5 Å². The van der Waals surface area contributed by atoms with Crippen LogP contribution in [0.3, 0.4) is 0 Å². The number of hydrogen-bond donors (Lipinski definition) is 1. The Morgan fingerprint density at radius 3 is 2.39 bits per heavy atom. The molecule has 6 nitrogen and oxygen atoms in total. The second-order valence-corrected chi connectivity index (χ2v) is 5.11. The summed E-state index contributed by atoms with van der Waals surface area (Å²) >= 11 is 0. The van der Waals surface area contributed by atoms with Gasteiger partial charge in [0.25, 0.3) is 0 Å². The van der Waals surface area contributed by atoms with E-state index >= 15 is 0 Å². The molecule has 1 amide bonds. The fourth-order valence-corrected chi connectivity index (χ4v) is 1.27. The van der Waals surface area contributed by atoms with Crippen molar-refractivity contribution in [3.63, 3.8) is 0 Å². The molecular weight excluding hydrogens is 236 g/mol. The van der Waals surface area contributed by atoms with Gasteiger partial charge in [0.05, 0.1) is 6.61 Å². The average molecular weight is 256 g/mol. The number of hydrazone groups is 1. The molecule has 1 rings (SSSR count). The summed E-state index contributed by atoms with van der Waals surface area (Å²) in [6.45, 7) is 7.27. The molecule has 1 fully saturated rings. The van der Waals surface area contributed by atoms with Crippen molar-refractivity contribution in [1.82, 2.24) is 5.43 Å². The highest BCUT2D eigenvalue weighted by Crippen LogP contribution is 2.31. The standard InChI is InChI=1S/C12H20N2O4/c1-5-17-10(15)9(8-6-7-8)13-14-11(16)18-12(2,3)4/h8H,5-7H2,1-4H3,(H,14,16)/b13-9+. The van der Waals surface area contributed by atoms with Gasteiger partial charge in [-0.15, -0.1) is 0 Å². The monoisotopic (exact) mass is 256 g/mol. The molecule has 1 aliphatic rings. The minimum atomic E-state index is -0.676. The molecule has 0 heterocycles. The number of ether oxygens (including phenoxy) is 2. The zero-order valence-electron chi connectivity index (χ0n) is 11.3. The third kappa shape index (κ3) is 5.16. The maximum Gasteiger partial charge on any atom is 0.428 e. The molecule has 0 aromatic heterocycles. The summed E-state index contributed by atoms with van der Waals surface area (Å²) in [5, 5.41) is 3.81. The second-order valence-electron chi connectivity index (χ2n) is 5.11. The number of amides is 1. The van der Waals surface area contributed by atoms with Crippen molar-refractivity contribution in [2.75, 3.05) is 6.61 Å². The number of nitrogens with zero attached hydrogens (tertiary/aromatic N) is 1. The van der Waals surface area contributed by atoms with E-state index in [0.717, 1.165) is 12.8 Å². The van der Waals surface area contributed by atoms with Crippen molar-refractivity contribution in [2.24, 2.45) is 11.0 Å². The fraction of sp³-hybridized carbons (Fsp3) is 0.750. The van der Waals surface area contributed by atoms with Gasteiger partial charge in [-0.05, 0) is 40.5 Å². The Labute approximate surface area is 107 Å². The molecule has 0 spiro atoms. The van der Waals surface area contributed by atoms with Crippen LogP contribution in [-0.2, 0) is 14.3 Å². The SMILES string of the molecule is CCOC(=O)/C(=N/NC(=O)OC(C)(C)C)C1CC1. The van der Waals surface area contributed by atoms with Gasteiger partial charge in [-0.1, -0.05) is 0 Å². The first kappa shape index (κ1) is 14.5. The van der Waals surface area contributed by atoms with E-state index in [-0.39, 0.29) is 18.2 Å². The van der Waals surface area contributed by atoms with Crippen molar-refractivity contribution in [2.45, 2.75) is 46.1 Å². The molecule has 0 saturated heterocycles. The molecule has 18 heavy (non-hydrogen) atoms. The molecule has 0 radical (unpaired) electrons. The van der Waals surface area contributed by atoms with Crippen LogP contribution < -0.4 is 5.43 Å². The summed E-state index contributed by atoms with van der Waals surface area (Å²) < 4.78 is 9.90. The normalized spacial score (nSPS) is 16.1. The van der Waals surface area contributed by atoms with E-state index in [9.17, 15) is 9.59 Å². The lowest BCUT2D eigenvalue weighted by Gasteiger charge is -2.18. The lowest BCUT2D eigenvalue weighted by atomic mass is 10.2. The van der Waals surface area contributed by atoms with Crippen LogP contribution in [0, 0.1) is 5.92 Å². The molecule has 6 heteroatoms. The molecule has 0 aliphatic heterocycles. The summed E-state index contributed by atoms with van der Waals surface area (Å²) in [6.07, 6.45) is 1.12. The first-order chi connectivity index (χ1) is 8.33. The molecule has 0 aromatic carbocycles. The number of nitrogens with one attached hydrogen (secondary N) is 1. The van der Waals surface area contributed by atoms with Gasteiger partial charge in [-0.25, -0.2) is 15.0 Å². The third-order valence-corrected chi connectivity index (χ3v) is 2.12. The Kier molecular flexibility index (Phi) is 4.69. The molecule has 0 unspecified atom stereocenters. The van der Waals surface area contributed by atoms with Gasteiger partial charge in [-0.2, -0.15) is 5.10 Å².